The van der Waals surface area contributed by atoms with Crippen molar-refractivity contribution in [2.75, 3.05) is 5.32 Å². The zero-order valence-electron chi connectivity index (χ0n) is 15.3. The fourth-order valence-electron chi connectivity index (χ4n) is 2.96. The van der Waals surface area contributed by atoms with Crippen LogP contribution in [0, 0.1) is 31.0 Å². The quantitative estimate of drug-likeness (QED) is 0.474. The molecule has 3 rings (SSSR count). The van der Waals surface area contributed by atoms with Crippen molar-refractivity contribution in [2.45, 2.75) is 13.8 Å². The third-order valence-corrected chi connectivity index (χ3v) is 4.57. The molecule has 0 bridgehead atoms. The van der Waals surface area contributed by atoms with Gasteiger partial charge in [-0.05, 0) is 80.1 Å². The van der Waals surface area contributed by atoms with Crippen molar-refractivity contribution in [3.05, 3.63) is 88.0 Å². The van der Waals surface area contributed by atoms with E-state index in [-0.39, 0.29) is 11.4 Å². The lowest BCUT2D eigenvalue weighted by atomic mass is 10.1. The molecule has 0 aliphatic heterocycles. The van der Waals surface area contributed by atoms with Crippen molar-refractivity contribution in [3.8, 4) is 11.8 Å². The number of amides is 1. The fourth-order valence-corrected chi connectivity index (χ4v) is 3.08. The average Bonchev–Trinajstić information content (AvgIpc) is 2.95. The number of anilines is 1. The molecule has 140 valence electrons. The molecule has 1 aromatic heterocycles. The van der Waals surface area contributed by atoms with Gasteiger partial charge < -0.3 is 9.88 Å². The minimum Gasteiger partial charge on any atom is -0.321 e. The molecule has 0 saturated heterocycles. The molecule has 4 nitrogen and oxygen atoms in total. The highest BCUT2D eigenvalue weighted by molar-refractivity contribution is 6.30. The van der Waals surface area contributed by atoms with E-state index in [1.807, 2.05) is 30.6 Å². The van der Waals surface area contributed by atoms with E-state index in [4.69, 9.17) is 11.6 Å². The van der Waals surface area contributed by atoms with Crippen LogP contribution in [0.2, 0.25) is 5.02 Å². The summed E-state index contributed by atoms with van der Waals surface area (Å²) in [5.74, 6) is -0.812. The molecular formula is C22H17ClFN3O. The van der Waals surface area contributed by atoms with E-state index in [2.05, 4.69) is 5.32 Å². The SMILES string of the molecule is Cc1cc(/C=C(\C#N)C(=O)Nc2ccc(Cl)cc2)c(C)n1-c1ccc(F)cc1. The summed E-state index contributed by atoms with van der Waals surface area (Å²) in [5.41, 5.74) is 3.83. The summed E-state index contributed by atoms with van der Waals surface area (Å²) >= 11 is 5.84. The van der Waals surface area contributed by atoms with Gasteiger partial charge in [0.25, 0.3) is 5.91 Å². The summed E-state index contributed by atoms with van der Waals surface area (Å²) < 4.78 is 15.2. The number of carbonyl (C=O) groups excluding carboxylic acids is 1. The van der Waals surface area contributed by atoms with Crippen LogP contribution in [0.25, 0.3) is 11.8 Å². The molecule has 3 aromatic rings. The van der Waals surface area contributed by atoms with Crippen molar-refractivity contribution < 1.29 is 9.18 Å². The van der Waals surface area contributed by atoms with Crippen LogP contribution in [-0.4, -0.2) is 10.5 Å². The first kappa shape index (κ1) is 19.4. The van der Waals surface area contributed by atoms with E-state index in [1.54, 1.807) is 42.5 Å². The minimum atomic E-state index is -0.503. The van der Waals surface area contributed by atoms with E-state index in [9.17, 15) is 14.4 Å². The largest absolute Gasteiger partial charge is 0.321 e. The monoisotopic (exact) mass is 393 g/mol. The number of carbonyl (C=O) groups is 1. The Hall–Kier alpha value is -3.36. The summed E-state index contributed by atoms with van der Waals surface area (Å²) in [4.78, 5) is 12.5. The van der Waals surface area contributed by atoms with Gasteiger partial charge >= 0.3 is 0 Å². The summed E-state index contributed by atoms with van der Waals surface area (Å²) in [6.07, 6.45) is 1.55. The highest BCUT2D eigenvalue weighted by Crippen LogP contribution is 2.23. The normalized spacial score (nSPS) is 11.2. The number of nitrogens with zero attached hydrogens (tertiary/aromatic N) is 2. The van der Waals surface area contributed by atoms with Gasteiger partial charge in [-0.3, -0.25) is 4.79 Å². The Bertz CT molecular complexity index is 1090. The molecule has 0 radical (unpaired) electrons. The highest BCUT2D eigenvalue weighted by Gasteiger charge is 2.14. The van der Waals surface area contributed by atoms with E-state index in [1.165, 1.54) is 12.1 Å². The number of hydrogen-bond donors (Lipinski definition) is 1. The fraction of sp³-hybridized carbons (Fsp3) is 0.0909. The van der Waals surface area contributed by atoms with E-state index < -0.39 is 5.91 Å². The third-order valence-electron chi connectivity index (χ3n) is 4.32. The molecule has 0 atom stereocenters. The molecule has 0 saturated carbocycles. The predicted molar refractivity (Wildman–Crippen MR) is 109 cm³/mol. The lowest BCUT2D eigenvalue weighted by Gasteiger charge is -2.09. The Kier molecular flexibility index (Phi) is 5.62. The second kappa shape index (κ2) is 8.12. The van der Waals surface area contributed by atoms with Crippen LogP contribution >= 0.6 is 11.6 Å². The number of nitrogens with one attached hydrogen (secondary N) is 1. The Balaban J connectivity index is 1.91. The second-order valence-corrected chi connectivity index (χ2v) is 6.71. The maximum Gasteiger partial charge on any atom is 0.266 e. The summed E-state index contributed by atoms with van der Waals surface area (Å²) in [6.45, 7) is 3.79. The number of rotatable bonds is 4. The van der Waals surface area contributed by atoms with Gasteiger partial charge in [0.05, 0.1) is 0 Å². The van der Waals surface area contributed by atoms with E-state index in [0.29, 0.717) is 10.7 Å². The van der Waals surface area contributed by atoms with E-state index >= 15 is 0 Å². The summed E-state index contributed by atoms with van der Waals surface area (Å²) in [7, 11) is 0. The molecule has 1 amide bonds. The van der Waals surface area contributed by atoms with Crippen molar-refractivity contribution in [3.63, 3.8) is 0 Å². The molecule has 1 heterocycles. The lowest BCUT2D eigenvalue weighted by molar-refractivity contribution is -0.112. The Morgan fingerprint density at radius 3 is 2.39 bits per heavy atom. The van der Waals surface area contributed by atoms with Crippen LogP contribution in [0.5, 0.6) is 0 Å². The molecule has 0 unspecified atom stereocenters. The number of benzene rings is 2. The van der Waals surface area contributed by atoms with Gasteiger partial charge in [0.2, 0.25) is 0 Å². The lowest BCUT2D eigenvalue weighted by Crippen LogP contribution is -2.13. The van der Waals surface area contributed by atoms with Gasteiger partial charge in [-0.2, -0.15) is 5.26 Å². The minimum absolute atomic E-state index is 0.0192. The summed E-state index contributed by atoms with van der Waals surface area (Å²) in [5, 5.41) is 12.7. The highest BCUT2D eigenvalue weighted by atomic mass is 35.5. The van der Waals surface area contributed by atoms with Gasteiger partial charge in [-0.1, -0.05) is 11.6 Å². The number of aromatic nitrogens is 1. The maximum atomic E-state index is 13.2. The van der Waals surface area contributed by atoms with Crippen molar-refractivity contribution in [1.29, 1.82) is 5.26 Å². The summed E-state index contributed by atoms with van der Waals surface area (Å²) in [6, 6.07) is 16.6. The number of hydrogen-bond acceptors (Lipinski definition) is 2. The Labute approximate surface area is 167 Å². The van der Waals surface area contributed by atoms with Crippen molar-refractivity contribution in [2.24, 2.45) is 0 Å². The van der Waals surface area contributed by atoms with Crippen LogP contribution < -0.4 is 5.32 Å². The van der Waals surface area contributed by atoms with Crippen LogP contribution in [0.1, 0.15) is 17.0 Å². The maximum absolute atomic E-state index is 13.2. The smallest absolute Gasteiger partial charge is 0.266 e. The standard InChI is InChI=1S/C22H17ClFN3O/c1-14-11-16(15(2)27(14)21-9-5-19(24)6-10-21)12-17(13-25)22(28)26-20-7-3-18(23)4-8-20/h3-12H,1-2H3,(H,26,28)/b17-12+. The van der Waals surface area contributed by atoms with Crippen LogP contribution in [0.4, 0.5) is 10.1 Å². The van der Waals surface area contributed by atoms with Crippen LogP contribution in [0.3, 0.4) is 0 Å². The van der Waals surface area contributed by atoms with E-state index in [0.717, 1.165) is 22.6 Å². The number of aryl methyl sites for hydroxylation is 1. The first-order valence-corrected chi connectivity index (χ1v) is 8.90. The molecule has 0 aliphatic carbocycles. The first-order valence-electron chi connectivity index (χ1n) is 8.52. The number of halogens is 2. The molecule has 0 aliphatic rings. The molecule has 0 fully saturated rings. The van der Waals surface area contributed by atoms with Crippen molar-refractivity contribution in [1.82, 2.24) is 4.57 Å². The first-order chi connectivity index (χ1) is 13.4. The van der Waals surface area contributed by atoms with Gasteiger partial charge in [0.15, 0.2) is 0 Å². The molecule has 28 heavy (non-hydrogen) atoms. The molecule has 2 aromatic carbocycles. The Morgan fingerprint density at radius 2 is 1.79 bits per heavy atom. The van der Waals surface area contributed by atoms with Crippen LogP contribution in [0.15, 0.2) is 60.2 Å². The molecule has 6 heteroatoms. The van der Waals surface area contributed by atoms with Gasteiger partial charge in [-0.15, -0.1) is 0 Å². The van der Waals surface area contributed by atoms with Crippen molar-refractivity contribution >= 4 is 29.3 Å². The van der Waals surface area contributed by atoms with Crippen LogP contribution in [-0.2, 0) is 4.79 Å². The third kappa shape index (κ3) is 4.13. The molecule has 1 N–H and O–H groups in total. The average molecular weight is 394 g/mol. The zero-order valence-corrected chi connectivity index (χ0v) is 16.1. The predicted octanol–water partition coefficient (Wildman–Crippen LogP) is 5.43. The number of nitriles is 1. The zero-order chi connectivity index (χ0) is 20.3. The van der Waals surface area contributed by atoms with Gasteiger partial charge in [0.1, 0.15) is 17.5 Å². The second-order valence-electron chi connectivity index (χ2n) is 6.27. The Morgan fingerprint density at radius 1 is 1.14 bits per heavy atom. The molecular weight excluding hydrogens is 377 g/mol. The van der Waals surface area contributed by atoms with Gasteiger partial charge in [0, 0.05) is 27.8 Å². The van der Waals surface area contributed by atoms with Gasteiger partial charge in [-0.25, -0.2) is 4.39 Å². The molecule has 0 spiro atoms. The topological polar surface area (TPSA) is 57.8 Å².